The van der Waals surface area contributed by atoms with Gasteiger partial charge in [0.1, 0.15) is 5.70 Å². The van der Waals surface area contributed by atoms with Crippen LogP contribution in [0.3, 0.4) is 0 Å². The number of rotatable bonds is 1. The fourth-order valence-corrected chi connectivity index (χ4v) is 1.11. The highest BCUT2D eigenvalue weighted by atomic mass is 35.5. The van der Waals surface area contributed by atoms with E-state index in [1.165, 1.54) is 0 Å². The number of aromatic nitrogens is 1. The zero-order chi connectivity index (χ0) is 9.97. The number of halogens is 1. The number of amides is 3. The third-order valence-electron chi connectivity index (χ3n) is 1.72. The van der Waals surface area contributed by atoms with Crippen LogP contribution in [-0.4, -0.2) is 16.9 Å². The molecule has 6 heteroatoms. The fraction of sp³-hybridized carbons (Fsp3) is 0. The zero-order valence-electron chi connectivity index (χ0n) is 7.56. The van der Waals surface area contributed by atoms with Crippen molar-refractivity contribution in [2.75, 3.05) is 0 Å². The first-order chi connectivity index (χ1) is 6.75. The Morgan fingerprint density at radius 2 is 2.07 bits per heavy atom. The van der Waals surface area contributed by atoms with E-state index in [4.69, 9.17) is 0 Å². The predicted octanol–water partition coefficient (Wildman–Crippen LogP) is 0.684. The van der Waals surface area contributed by atoms with Gasteiger partial charge >= 0.3 is 6.03 Å². The van der Waals surface area contributed by atoms with Crippen molar-refractivity contribution in [3.05, 3.63) is 35.8 Å². The summed E-state index contributed by atoms with van der Waals surface area (Å²) in [5.41, 5.74) is 1.00. The van der Waals surface area contributed by atoms with Gasteiger partial charge in [-0.15, -0.1) is 12.4 Å². The molecular formula is C9H8ClN3O2. The number of nitrogens with one attached hydrogen (secondary N) is 2. The zero-order valence-corrected chi connectivity index (χ0v) is 8.38. The number of hydrogen-bond donors (Lipinski definition) is 2. The van der Waals surface area contributed by atoms with Gasteiger partial charge in [0.2, 0.25) is 0 Å². The van der Waals surface area contributed by atoms with E-state index in [1.54, 1.807) is 30.6 Å². The van der Waals surface area contributed by atoms with Crippen molar-refractivity contribution in [1.29, 1.82) is 0 Å². The first kappa shape index (κ1) is 11.2. The second-order valence-corrected chi connectivity index (χ2v) is 2.75. The quantitative estimate of drug-likeness (QED) is 0.546. The van der Waals surface area contributed by atoms with Gasteiger partial charge in [0, 0.05) is 12.4 Å². The van der Waals surface area contributed by atoms with E-state index < -0.39 is 11.9 Å². The normalized spacial score (nSPS) is 16.9. The molecule has 3 amide bonds. The molecule has 1 fully saturated rings. The van der Waals surface area contributed by atoms with E-state index in [2.05, 4.69) is 15.6 Å². The number of pyridine rings is 1. The van der Waals surface area contributed by atoms with Crippen molar-refractivity contribution >= 4 is 30.4 Å². The lowest BCUT2D eigenvalue weighted by atomic mass is 10.2. The lowest BCUT2D eigenvalue weighted by Crippen LogP contribution is -2.22. The Morgan fingerprint density at radius 3 is 2.60 bits per heavy atom. The Labute approximate surface area is 92.0 Å². The van der Waals surface area contributed by atoms with Gasteiger partial charge in [-0.05, 0) is 17.7 Å². The molecule has 2 heterocycles. The van der Waals surface area contributed by atoms with Crippen LogP contribution in [0.2, 0.25) is 0 Å². The van der Waals surface area contributed by atoms with Gasteiger partial charge in [0.05, 0.1) is 0 Å². The number of carbonyl (C=O) groups is 2. The monoisotopic (exact) mass is 225 g/mol. The summed E-state index contributed by atoms with van der Waals surface area (Å²) in [4.78, 5) is 25.7. The summed E-state index contributed by atoms with van der Waals surface area (Å²) in [5.74, 6) is -0.418. The van der Waals surface area contributed by atoms with Gasteiger partial charge in [-0.2, -0.15) is 0 Å². The molecule has 78 valence electrons. The lowest BCUT2D eigenvalue weighted by molar-refractivity contribution is -0.115. The molecule has 1 saturated heterocycles. The van der Waals surface area contributed by atoms with Gasteiger partial charge < -0.3 is 5.32 Å². The third-order valence-corrected chi connectivity index (χ3v) is 1.72. The minimum atomic E-state index is -0.495. The van der Waals surface area contributed by atoms with Gasteiger partial charge in [-0.25, -0.2) is 4.79 Å². The smallest absolute Gasteiger partial charge is 0.303 e. The maximum Gasteiger partial charge on any atom is 0.326 e. The molecule has 0 aliphatic carbocycles. The molecule has 0 radical (unpaired) electrons. The molecule has 1 aromatic heterocycles. The largest absolute Gasteiger partial charge is 0.326 e. The van der Waals surface area contributed by atoms with Crippen molar-refractivity contribution in [1.82, 2.24) is 15.6 Å². The minimum Gasteiger partial charge on any atom is -0.303 e. The van der Waals surface area contributed by atoms with E-state index in [1.807, 2.05) is 0 Å². The molecular weight excluding hydrogens is 218 g/mol. The van der Waals surface area contributed by atoms with E-state index in [9.17, 15) is 9.59 Å². The summed E-state index contributed by atoms with van der Waals surface area (Å²) in [6, 6.07) is 3.05. The average Bonchev–Trinajstić information content (AvgIpc) is 2.47. The average molecular weight is 226 g/mol. The SMILES string of the molecule is Cl.O=C1NC(=O)C(=Cc2cccnc2)N1. The first-order valence-electron chi connectivity index (χ1n) is 4.00. The van der Waals surface area contributed by atoms with E-state index in [0.29, 0.717) is 0 Å². The van der Waals surface area contributed by atoms with Crippen LogP contribution in [0.15, 0.2) is 30.2 Å². The lowest BCUT2D eigenvalue weighted by Gasteiger charge is -1.93. The second kappa shape index (κ2) is 4.56. The number of nitrogens with zero attached hydrogens (tertiary/aromatic N) is 1. The number of carbonyl (C=O) groups excluding carboxylic acids is 2. The van der Waals surface area contributed by atoms with Gasteiger partial charge in [0.15, 0.2) is 0 Å². The molecule has 2 N–H and O–H groups in total. The Bertz CT molecular complexity index is 417. The molecule has 0 unspecified atom stereocenters. The Hall–Kier alpha value is -1.88. The number of hydrogen-bond acceptors (Lipinski definition) is 3. The Morgan fingerprint density at radius 1 is 1.27 bits per heavy atom. The maximum absolute atomic E-state index is 11.1. The van der Waals surface area contributed by atoms with Gasteiger partial charge in [0.25, 0.3) is 5.91 Å². The Kier molecular flexibility index (Phi) is 3.41. The number of imide groups is 1. The summed E-state index contributed by atoms with van der Waals surface area (Å²) < 4.78 is 0. The van der Waals surface area contributed by atoms with Crippen LogP contribution in [-0.2, 0) is 4.79 Å². The molecule has 1 aliphatic heterocycles. The predicted molar refractivity (Wildman–Crippen MR) is 56.1 cm³/mol. The van der Waals surface area contributed by atoms with Crippen molar-refractivity contribution in [3.8, 4) is 0 Å². The van der Waals surface area contributed by atoms with E-state index in [0.717, 1.165) is 5.56 Å². The molecule has 1 aromatic rings. The highest BCUT2D eigenvalue weighted by Gasteiger charge is 2.22. The van der Waals surface area contributed by atoms with Crippen molar-refractivity contribution in [2.24, 2.45) is 0 Å². The summed E-state index contributed by atoms with van der Waals surface area (Å²) in [5, 5.41) is 4.50. The van der Waals surface area contributed by atoms with Gasteiger partial charge in [-0.3, -0.25) is 15.1 Å². The highest BCUT2D eigenvalue weighted by Crippen LogP contribution is 2.05. The van der Waals surface area contributed by atoms with Crippen LogP contribution >= 0.6 is 12.4 Å². The van der Waals surface area contributed by atoms with Crippen LogP contribution in [0.1, 0.15) is 5.56 Å². The number of urea groups is 1. The van der Waals surface area contributed by atoms with Crippen LogP contribution in [0, 0.1) is 0 Å². The molecule has 0 spiro atoms. The van der Waals surface area contributed by atoms with Crippen LogP contribution in [0.5, 0.6) is 0 Å². The van der Waals surface area contributed by atoms with Gasteiger partial charge in [-0.1, -0.05) is 6.07 Å². The molecule has 5 nitrogen and oxygen atoms in total. The second-order valence-electron chi connectivity index (χ2n) is 2.75. The standard InChI is InChI=1S/C9H7N3O2.ClH/c13-8-7(11-9(14)12-8)4-6-2-1-3-10-5-6;/h1-5H,(H2,11,12,13,14);1H. The summed E-state index contributed by atoms with van der Waals surface area (Å²) >= 11 is 0. The van der Waals surface area contributed by atoms with Crippen molar-refractivity contribution < 1.29 is 9.59 Å². The Balaban J connectivity index is 0.00000112. The van der Waals surface area contributed by atoms with Crippen molar-refractivity contribution in [3.63, 3.8) is 0 Å². The minimum absolute atomic E-state index is 0. The summed E-state index contributed by atoms with van der Waals surface area (Å²) in [6.45, 7) is 0. The topological polar surface area (TPSA) is 71.1 Å². The third kappa shape index (κ3) is 2.54. The maximum atomic E-state index is 11.1. The molecule has 2 rings (SSSR count). The molecule has 0 bridgehead atoms. The molecule has 0 saturated carbocycles. The van der Waals surface area contributed by atoms with Crippen molar-refractivity contribution in [2.45, 2.75) is 0 Å². The summed E-state index contributed by atoms with van der Waals surface area (Å²) in [7, 11) is 0. The molecule has 1 aliphatic rings. The highest BCUT2D eigenvalue weighted by molar-refractivity contribution is 6.13. The molecule has 15 heavy (non-hydrogen) atoms. The molecule has 0 aromatic carbocycles. The van der Waals surface area contributed by atoms with Crippen LogP contribution < -0.4 is 10.6 Å². The first-order valence-corrected chi connectivity index (χ1v) is 4.00. The summed E-state index contributed by atoms with van der Waals surface area (Å²) in [6.07, 6.45) is 4.80. The molecule has 0 atom stereocenters. The van der Waals surface area contributed by atoms with Crippen LogP contribution in [0.4, 0.5) is 4.79 Å². The van der Waals surface area contributed by atoms with E-state index in [-0.39, 0.29) is 18.1 Å². The fourth-order valence-electron chi connectivity index (χ4n) is 1.11. The van der Waals surface area contributed by atoms with Crippen LogP contribution in [0.25, 0.3) is 6.08 Å². The van der Waals surface area contributed by atoms with E-state index >= 15 is 0 Å².